The van der Waals surface area contributed by atoms with Gasteiger partial charge in [-0.25, -0.2) is 4.79 Å². The van der Waals surface area contributed by atoms with Gasteiger partial charge >= 0.3 is 6.09 Å². The SMILES string of the molecule is O=C(NCCO)c1ccc([C@H]2CC(C3CCNCC3)CCN2C(=O)O)cc1. The number of carbonyl (C=O) groups excluding carboxylic acids is 1. The topological polar surface area (TPSA) is 102 Å². The summed E-state index contributed by atoms with van der Waals surface area (Å²) < 4.78 is 0. The molecule has 0 saturated carbocycles. The van der Waals surface area contributed by atoms with E-state index in [9.17, 15) is 14.7 Å². The van der Waals surface area contributed by atoms with Crippen molar-refractivity contribution < 1.29 is 19.8 Å². The van der Waals surface area contributed by atoms with E-state index in [2.05, 4.69) is 10.6 Å². The van der Waals surface area contributed by atoms with Gasteiger partial charge in [-0.2, -0.15) is 0 Å². The van der Waals surface area contributed by atoms with Gasteiger partial charge in [0.05, 0.1) is 12.6 Å². The largest absolute Gasteiger partial charge is 0.465 e. The molecule has 4 N–H and O–H groups in total. The van der Waals surface area contributed by atoms with E-state index in [0.29, 0.717) is 23.9 Å². The zero-order chi connectivity index (χ0) is 19.2. The second kappa shape index (κ2) is 9.19. The summed E-state index contributed by atoms with van der Waals surface area (Å²) in [5, 5.41) is 24.5. The molecule has 1 aromatic carbocycles. The molecule has 2 fully saturated rings. The molecule has 2 heterocycles. The van der Waals surface area contributed by atoms with E-state index in [1.165, 1.54) is 0 Å². The van der Waals surface area contributed by atoms with Crippen molar-refractivity contribution >= 4 is 12.0 Å². The number of piperidine rings is 2. The molecule has 0 bridgehead atoms. The van der Waals surface area contributed by atoms with Crippen LogP contribution in [-0.2, 0) is 0 Å². The van der Waals surface area contributed by atoms with Gasteiger partial charge in [0, 0.05) is 18.7 Å². The molecule has 7 heteroatoms. The lowest BCUT2D eigenvalue weighted by molar-refractivity contribution is 0.0686. The van der Waals surface area contributed by atoms with Crippen LogP contribution >= 0.6 is 0 Å². The van der Waals surface area contributed by atoms with Crippen LogP contribution in [-0.4, -0.2) is 59.9 Å². The van der Waals surface area contributed by atoms with Crippen LogP contribution in [0.4, 0.5) is 4.79 Å². The summed E-state index contributed by atoms with van der Waals surface area (Å²) in [4.78, 5) is 25.3. The van der Waals surface area contributed by atoms with Gasteiger partial charge in [-0.3, -0.25) is 4.79 Å². The maximum Gasteiger partial charge on any atom is 0.407 e. The van der Waals surface area contributed by atoms with Gasteiger partial charge in [0.15, 0.2) is 0 Å². The quantitative estimate of drug-likeness (QED) is 0.629. The number of likely N-dealkylation sites (tertiary alicyclic amines) is 1. The Morgan fingerprint density at radius 2 is 1.81 bits per heavy atom. The molecule has 1 unspecified atom stereocenters. The van der Waals surface area contributed by atoms with E-state index in [-0.39, 0.29) is 25.1 Å². The molecule has 3 rings (SSSR count). The molecule has 2 atom stereocenters. The number of rotatable bonds is 5. The molecule has 0 aromatic heterocycles. The van der Waals surface area contributed by atoms with E-state index < -0.39 is 6.09 Å². The van der Waals surface area contributed by atoms with Gasteiger partial charge in [-0.05, 0) is 68.3 Å². The Kier molecular flexibility index (Phi) is 6.68. The van der Waals surface area contributed by atoms with Crippen LogP contribution in [0.5, 0.6) is 0 Å². The molecule has 2 saturated heterocycles. The summed E-state index contributed by atoms with van der Waals surface area (Å²) in [6.45, 7) is 2.77. The maximum absolute atomic E-state index is 12.0. The number of hydrogen-bond acceptors (Lipinski definition) is 4. The van der Waals surface area contributed by atoms with Crippen molar-refractivity contribution in [2.75, 3.05) is 32.8 Å². The van der Waals surface area contributed by atoms with E-state index in [0.717, 1.165) is 44.3 Å². The molecule has 7 nitrogen and oxygen atoms in total. The Labute approximate surface area is 159 Å². The second-order valence-corrected chi connectivity index (χ2v) is 7.47. The van der Waals surface area contributed by atoms with Gasteiger partial charge < -0.3 is 25.7 Å². The summed E-state index contributed by atoms with van der Waals surface area (Å²) in [7, 11) is 0. The minimum absolute atomic E-state index is 0.0997. The average molecular weight is 375 g/mol. The molecular formula is C20H29N3O4. The van der Waals surface area contributed by atoms with Crippen LogP contribution in [0.25, 0.3) is 0 Å². The standard InChI is InChI=1S/C20H29N3O4/c24-12-10-22-19(25)16-3-1-15(2-4-16)18-13-17(7-11-23(18)20(26)27)14-5-8-21-9-6-14/h1-4,14,17-18,21,24H,5-13H2,(H,22,25)(H,26,27)/t17?,18-/m1/s1. The predicted molar refractivity (Wildman–Crippen MR) is 102 cm³/mol. The molecule has 2 amide bonds. The first kappa shape index (κ1) is 19.6. The average Bonchev–Trinajstić information content (AvgIpc) is 2.72. The van der Waals surface area contributed by atoms with Crippen LogP contribution in [0.3, 0.4) is 0 Å². The van der Waals surface area contributed by atoms with E-state index in [1.54, 1.807) is 17.0 Å². The summed E-state index contributed by atoms with van der Waals surface area (Å²) in [6.07, 6.45) is 3.21. The summed E-state index contributed by atoms with van der Waals surface area (Å²) in [6, 6.07) is 7.02. The Hall–Kier alpha value is -2.12. The van der Waals surface area contributed by atoms with Crippen LogP contribution in [0.1, 0.15) is 47.6 Å². The van der Waals surface area contributed by atoms with Crippen molar-refractivity contribution in [3.63, 3.8) is 0 Å². The van der Waals surface area contributed by atoms with E-state index in [4.69, 9.17) is 5.11 Å². The Morgan fingerprint density at radius 3 is 2.44 bits per heavy atom. The molecule has 27 heavy (non-hydrogen) atoms. The molecule has 0 aliphatic carbocycles. The Bertz CT molecular complexity index is 643. The molecule has 2 aliphatic rings. The number of amides is 2. The monoisotopic (exact) mass is 375 g/mol. The summed E-state index contributed by atoms with van der Waals surface area (Å²) >= 11 is 0. The summed E-state index contributed by atoms with van der Waals surface area (Å²) in [5.74, 6) is 0.968. The van der Waals surface area contributed by atoms with Crippen molar-refractivity contribution in [3.05, 3.63) is 35.4 Å². The van der Waals surface area contributed by atoms with Crippen LogP contribution < -0.4 is 10.6 Å². The van der Waals surface area contributed by atoms with E-state index in [1.807, 2.05) is 12.1 Å². The van der Waals surface area contributed by atoms with Gasteiger partial charge in [0.2, 0.25) is 0 Å². The predicted octanol–water partition coefficient (Wildman–Crippen LogP) is 1.84. The van der Waals surface area contributed by atoms with E-state index >= 15 is 0 Å². The number of carbonyl (C=O) groups is 2. The molecule has 148 valence electrons. The number of hydrogen-bond donors (Lipinski definition) is 4. The molecule has 1 aromatic rings. The fourth-order valence-corrected chi connectivity index (χ4v) is 4.41. The van der Waals surface area contributed by atoms with Crippen molar-refractivity contribution in [1.82, 2.24) is 15.5 Å². The number of aliphatic hydroxyl groups is 1. The normalized spacial score (nSPS) is 23.8. The van der Waals surface area contributed by atoms with Gasteiger partial charge in [0.1, 0.15) is 0 Å². The first-order chi connectivity index (χ1) is 13.1. The highest BCUT2D eigenvalue weighted by Crippen LogP contribution is 2.40. The molecule has 0 spiro atoms. The first-order valence-corrected chi connectivity index (χ1v) is 9.79. The van der Waals surface area contributed by atoms with Gasteiger partial charge in [-0.1, -0.05) is 12.1 Å². The highest BCUT2D eigenvalue weighted by molar-refractivity contribution is 5.94. The van der Waals surface area contributed by atoms with Crippen LogP contribution in [0.2, 0.25) is 0 Å². The highest BCUT2D eigenvalue weighted by atomic mass is 16.4. The van der Waals surface area contributed by atoms with Crippen molar-refractivity contribution in [3.8, 4) is 0 Å². The summed E-state index contributed by atoms with van der Waals surface area (Å²) in [5.41, 5.74) is 1.45. The molecule has 0 radical (unpaired) electrons. The highest BCUT2D eigenvalue weighted by Gasteiger charge is 2.36. The fraction of sp³-hybridized carbons (Fsp3) is 0.600. The number of benzene rings is 1. The third-order valence-electron chi connectivity index (χ3n) is 5.89. The van der Waals surface area contributed by atoms with Crippen LogP contribution in [0.15, 0.2) is 24.3 Å². The Balaban J connectivity index is 1.73. The Morgan fingerprint density at radius 1 is 1.11 bits per heavy atom. The lowest BCUT2D eigenvalue weighted by atomic mass is 9.75. The fourth-order valence-electron chi connectivity index (χ4n) is 4.41. The first-order valence-electron chi connectivity index (χ1n) is 9.79. The number of aliphatic hydroxyl groups excluding tert-OH is 1. The zero-order valence-electron chi connectivity index (χ0n) is 15.6. The molecular weight excluding hydrogens is 346 g/mol. The lowest BCUT2D eigenvalue weighted by Gasteiger charge is -2.42. The lowest BCUT2D eigenvalue weighted by Crippen LogP contribution is -2.43. The molecule has 2 aliphatic heterocycles. The number of carboxylic acid groups (broad SMARTS) is 1. The third-order valence-corrected chi connectivity index (χ3v) is 5.89. The second-order valence-electron chi connectivity index (χ2n) is 7.47. The van der Waals surface area contributed by atoms with Crippen LogP contribution in [0, 0.1) is 11.8 Å². The minimum atomic E-state index is -0.881. The number of nitrogens with zero attached hydrogens (tertiary/aromatic N) is 1. The zero-order valence-corrected chi connectivity index (χ0v) is 15.6. The minimum Gasteiger partial charge on any atom is -0.465 e. The third kappa shape index (κ3) is 4.78. The van der Waals surface area contributed by atoms with Gasteiger partial charge in [-0.15, -0.1) is 0 Å². The number of nitrogens with one attached hydrogen (secondary N) is 2. The van der Waals surface area contributed by atoms with Crippen molar-refractivity contribution in [2.45, 2.75) is 31.7 Å². The maximum atomic E-state index is 12.0. The van der Waals surface area contributed by atoms with Crippen molar-refractivity contribution in [2.24, 2.45) is 11.8 Å². The van der Waals surface area contributed by atoms with Gasteiger partial charge in [0.25, 0.3) is 5.91 Å². The smallest absolute Gasteiger partial charge is 0.407 e. The van der Waals surface area contributed by atoms with Crippen molar-refractivity contribution in [1.29, 1.82) is 0 Å².